The van der Waals surface area contributed by atoms with E-state index in [9.17, 15) is 0 Å². The SMILES string of the molecule is c1ccc(-c2cccc(-c3nc(-c4cccc5c4oc4ccccc45)nc(-c4cccc5c4oc4cc(-c6ccc7c(c6)c6ccccc6n7-c6ccccc6)ccc45)n3)c2)cc1. The van der Waals surface area contributed by atoms with Gasteiger partial charge in [-0.25, -0.2) is 15.0 Å². The van der Waals surface area contributed by atoms with Crippen LogP contribution in [-0.4, -0.2) is 19.5 Å². The second-order valence-electron chi connectivity index (χ2n) is 15.9. The average molecular weight is 807 g/mol. The molecule has 294 valence electrons. The van der Waals surface area contributed by atoms with Crippen molar-refractivity contribution in [2.24, 2.45) is 0 Å². The molecule has 0 bridgehead atoms. The maximum absolute atomic E-state index is 6.88. The first kappa shape index (κ1) is 35.2. The third-order valence-electron chi connectivity index (χ3n) is 12.3. The van der Waals surface area contributed by atoms with E-state index in [0.29, 0.717) is 23.1 Å². The number of furan rings is 2. The molecule has 4 aromatic heterocycles. The van der Waals surface area contributed by atoms with Crippen LogP contribution in [0, 0.1) is 0 Å². The Balaban J connectivity index is 0.974. The molecule has 6 nitrogen and oxygen atoms in total. The van der Waals surface area contributed by atoms with Crippen molar-refractivity contribution in [1.82, 2.24) is 19.5 Å². The molecular formula is C57H34N4O2. The van der Waals surface area contributed by atoms with Gasteiger partial charge in [-0.2, -0.15) is 0 Å². The lowest BCUT2D eigenvalue weighted by atomic mass is 10.0. The van der Waals surface area contributed by atoms with Crippen molar-refractivity contribution in [2.45, 2.75) is 0 Å². The normalized spacial score (nSPS) is 11.8. The zero-order chi connectivity index (χ0) is 41.4. The van der Waals surface area contributed by atoms with Crippen LogP contribution in [0.25, 0.3) is 128 Å². The topological polar surface area (TPSA) is 69.9 Å². The summed E-state index contributed by atoms with van der Waals surface area (Å²) in [6.45, 7) is 0. The van der Waals surface area contributed by atoms with E-state index in [1.54, 1.807) is 0 Å². The Morgan fingerprint density at radius 1 is 0.302 bits per heavy atom. The molecule has 4 heterocycles. The van der Waals surface area contributed by atoms with Crippen molar-refractivity contribution in [2.75, 3.05) is 0 Å². The van der Waals surface area contributed by atoms with Crippen LogP contribution in [0.5, 0.6) is 0 Å². The first-order chi connectivity index (χ1) is 31.2. The molecule has 0 N–H and O–H groups in total. The summed E-state index contributed by atoms with van der Waals surface area (Å²) in [6.07, 6.45) is 0. The quantitative estimate of drug-likeness (QED) is 0.167. The summed E-state index contributed by atoms with van der Waals surface area (Å²) in [6, 6.07) is 71.6. The van der Waals surface area contributed by atoms with Crippen LogP contribution in [0.15, 0.2) is 215 Å². The Hall–Kier alpha value is -8.61. The van der Waals surface area contributed by atoms with Gasteiger partial charge < -0.3 is 13.4 Å². The van der Waals surface area contributed by atoms with Crippen LogP contribution in [0.2, 0.25) is 0 Å². The van der Waals surface area contributed by atoms with E-state index in [-0.39, 0.29) is 0 Å². The third kappa shape index (κ3) is 5.69. The number of nitrogens with zero attached hydrogens (tertiary/aromatic N) is 4. The zero-order valence-electron chi connectivity index (χ0n) is 33.7. The van der Waals surface area contributed by atoms with E-state index in [1.807, 2.05) is 42.5 Å². The molecule has 0 saturated carbocycles. The molecule has 0 spiro atoms. The third-order valence-corrected chi connectivity index (χ3v) is 12.3. The van der Waals surface area contributed by atoms with Gasteiger partial charge in [0.1, 0.15) is 22.3 Å². The van der Waals surface area contributed by atoms with E-state index in [2.05, 4.69) is 168 Å². The highest BCUT2D eigenvalue weighted by Gasteiger charge is 2.21. The Kier molecular flexibility index (Phi) is 7.80. The van der Waals surface area contributed by atoms with Gasteiger partial charge in [0.25, 0.3) is 0 Å². The highest BCUT2D eigenvalue weighted by molar-refractivity contribution is 6.13. The Morgan fingerprint density at radius 3 is 1.60 bits per heavy atom. The summed E-state index contributed by atoms with van der Waals surface area (Å²) in [7, 11) is 0. The van der Waals surface area contributed by atoms with E-state index < -0.39 is 0 Å². The van der Waals surface area contributed by atoms with E-state index in [4.69, 9.17) is 23.8 Å². The van der Waals surface area contributed by atoms with Crippen molar-refractivity contribution in [3.05, 3.63) is 206 Å². The first-order valence-electron chi connectivity index (χ1n) is 21.1. The average Bonchev–Trinajstić information content (AvgIpc) is 4.04. The zero-order valence-corrected chi connectivity index (χ0v) is 33.7. The van der Waals surface area contributed by atoms with Crippen LogP contribution in [0.3, 0.4) is 0 Å². The fourth-order valence-corrected chi connectivity index (χ4v) is 9.30. The molecule has 0 aliphatic rings. The number of rotatable bonds is 6. The van der Waals surface area contributed by atoms with Gasteiger partial charge in [0.2, 0.25) is 0 Å². The second kappa shape index (κ2) is 14.0. The van der Waals surface area contributed by atoms with Crippen molar-refractivity contribution in [3.63, 3.8) is 0 Å². The molecular weight excluding hydrogens is 773 g/mol. The van der Waals surface area contributed by atoms with Gasteiger partial charge in [-0.15, -0.1) is 0 Å². The minimum atomic E-state index is 0.512. The molecule has 0 saturated heterocycles. The van der Waals surface area contributed by atoms with Gasteiger partial charge in [-0.1, -0.05) is 140 Å². The molecule has 0 amide bonds. The van der Waals surface area contributed by atoms with Gasteiger partial charge in [0.15, 0.2) is 17.5 Å². The minimum Gasteiger partial charge on any atom is -0.455 e. The van der Waals surface area contributed by atoms with E-state index in [1.165, 1.54) is 21.8 Å². The first-order valence-corrected chi connectivity index (χ1v) is 21.1. The van der Waals surface area contributed by atoms with E-state index in [0.717, 1.165) is 82.9 Å². The molecule has 6 heteroatoms. The summed E-state index contributed by atoms with van der Waals surface area (Å²) in [5, 5.41) is 6.48. The summed E-state index contributed by atoms with van der Waals surface area (Å²) < 4.78 is 15.7. The molecule has 9 aromatic carbocycles. The molecule has 0 aliphatic heterocycles. The number of benzene rings is 9. The smallest absolute Gasteiger partial charge is 0.167 e. The second-order valence-corrected chi connectivity index (χ2v) is 15.9. The number of hydrogen-bond donors (Lipinski definition) is 0. The maximum atomic E-state index is 6.88. The molecule has 63 heavy (non-hydrogen) atoms. The highest BCUT2D eigenvalue weighted by Crippen LogP contribution is 2.41. The van der Waals surface area contributed by atoms with Crippen molar-refractivity contribution in [1.29, 1.82) is 0 Å². The number of fused-ring (bicyclic) bond motifs is 9. The fraction of sp³-hybridized carbons (Fsp3) is 0. The summed E-state index contributed by atoms with van der Waals surface area (Å²) in [5.74, 6) is 1.59. The monoisotopic (exact) mass is 806 g/mol. The summed E-state index contributed by atoms with van der Waals surface area (Å²) in [4.78, 5) is 15.6. The van der Waals surface area contributed by atoms with Crippen molar-refractivity contribution >= 4 is 65.7 Å². The Bertz CT molecular complexity index is 3920. The number of para-hydroxylation sites is 5. The van der Waals surface area contributed by atoms with Gasteiger partial charge >= 0.3 is 0 Å². The van der Waals surface area contributed by atoms with Crippen molar-refractivity contribution < 1.29 is 8.83 Å². The van der Waals surface area contributed by atoms with Gasteiger partial charge in [0.05, 0.1) is 22.2 Å². The minimum absolute atomic E-state index is 0.512. The fourth-order valence-electron chi connectivity index (χ4n) is 9.30. The summed E-state index contributed by atoms with van der Waals surface area (Å²) >= 11 is 0. The van der Waals surface area contributed by atoms with Gasteiger partial charge in [-0.3, -0.25) is 0 Å². The number of hydrogen-bond acceptors (Lipinski definition) is 5. The molecule has 0 aliphatic carbocycles. The predicted molar refractivity (Wildman–Crippen MR) is 256 cm³/mol. The molecule has 0 atom stereocenters. The number of aromatic nitrogens is 4. The molecule has 13 aromatic rings. The van der Waals surface area contributed by atoms with Crippen LogP contribution in [0.1, 0.15) is 0 Å². The van der Waals surface area contributed by atoms with Crippen LogP contribution < -0.4 is 0 Å². The lowest BCUT2D eigenvalue weighted by molar-refractivity contribution is 0.669. The van der Waals surface area contributed by atoms with Crippen LogP contribution in [-0.2, 0) is 0 Å². The maximum Gasteiger partial charge on any atom is 0.167 e. The van der Waals surface area contributed by atoms with Gasteiger partial charge in [0, 0.05) is 43.6 Å². The Labute approximate surface area is 361 Å². The predicted octanol–water partition coefficient (Wildman–Crippen LogP) is 15.1. The summed E-state index contributed by atoms with van der Waals surface area (Å²) in [5.41, 5.74) is 13.4. The largest absolute Gasteiger partial charge is 0.455 e. The lowest BCUT2D eigenvalue weighted by Crippen LogP contribution is -2.00. The molecule has 0 unspecified atom stereocenters. The van der Waals surface area contributed by atoms with Crippen molar-refractivity contribution in [3.8, 4) is 62.1 Å². The standard InChI is InChI=1S/C57H34N4O2/c1-3-14-35(15-4-1)36-16-11-17-39(32-36)55-58-56(46-24-12-22-44-42-21-8-10-27-51(42)62-53(44)46)60-57(59-55)47-25-13-23-45-43-30-28-38(34-52(43)63-54(45)47)37-29-31-50-48(33-37)41-20-7-9-26-49(41)61(50)40-18-5-2-6-19-40/h1-34H. The Morgan fingerprint density at radius 2 is 0.825 bits per heavy atom. The molecule has 0 fully saturated rings. The molecule has 13 rings (SSSR count). The van der Waals surface area contributed by atoms with Crippen LogP contribution in [0.4, 0.5) is 0 Å². The molecule has 0 radical (unpaired) electrons. The van der Waals surface area contributed by atoms with Gasteiger partial charge in [-0.05, 0) is 89.0 Å². The van der Waals surface area contributed by atoms with E-state index >= 15 is 0 Å². The highest BCUT2D eigenvalue weighted by atomic mass is 16.3. The van der Waals surface area contributed by atoms with Crippen LogP contribution >= 0.6 is 0 Å². The lowest BCUT2D eigenvalue weighted by Gasteiger charge is -2.10.